The summed E-state index contributed by atoms with van der Waals surface area (Å²) in [6.45, 7) is 9.71. The Morgan fingerprint density at radius 1 is 1.12 bits per heavy atom. The van der Waals surface area contributed by atoms with Crippen LogP contribution < -0.4 is 14.9 Å². The minimum atomic E-state index is -3.88. The van der Waals surface area contributed by atoms with Crippen LogP contribution >= 0.6 is 0 Å². The Kier molecular flexibility index (Phi) is 8.30. The molecule has 2 aliphatic heterocycles. The Labute approximate surface area is 191 Å². The van der Waals surface area contributed by atoms with E-state index in [0.29, 0.717) is 32.4 Å². The second kappa shape index (κ2) is 10.8. The van der Waals surface area contributed by atoms with Gasteiger partial charge in [-0.1, -0.05) is 20.8 Å². The molecule has 1 aromatic carbocycles. The summed E-state index contributed by atoms with van der Waals surface area (Å²) < 4.78 is 28.8. The Hall–Kier alpha value is -1.97. The highest BCUT2D eigenvalue weighted by Crippen LogP contribution is 2.30. The van der Waals surface area contributed by atoms with E-state index in [1.807, 2.05) is 20.8 Å². The summed E-state index contributed by atoms with van der Waals surface area (Å²) in [5, 5.41) is 2.90. The Balaban J connectivity index is 1.68. The Morgan fingerprint density at radius 3 is 2.50 bits per heavy atom. The molecule has 0 saturated carbocycles. The minimum absolute atomic E-state index is 0.0279. The van der Waals surface area contributed by atoms with Gasteiger partial charge in [0.2, 0.25) is 21.8 Å². The SMILES string of the molecule is CCC(=O)N1CCc2cc(S(=O)(=O)NC(CC(C)C)C(=O)NCCN3CCCC3)ccc21. The molecule has 0 spiro atoms. The molecule has 8 nitrogen and oxygen atoms in total. The van der Waals surface area contributed by atoms with Crippen LogP contribution in [0, 0.1) is 5.92 Å². The number of carbonyl (C=O) groups is 2. The molecule has 0 radical (unpaired) electrons. The number of amides is 2. The molecule has 0 bridgehead atoms. The molecule has 32 heavy (non-hydrogen) atoms. The lowest BCUT2D eigenvalue weighted by Crippen LogP contribution is -2.48. The summed E-state index contributed by atoms with van der Waals surface area (Å²) in [6.07, 6.45) is 3.82. The second-order valence-corrected chi connectivity index (χ2v) is 10.8. The molecule has 1 fully saturated rings. The van der Waals surface area contributed by atoms with E-state index in [1.165, 1.54) is 18.9 Å². The maximum atomic E-state index is 13.1. The lowest BCUT2D eigenvalue weighted by atomic mass is 10.0. The molecule has 2 aliphatic rings. The molecule has 0 aromatic heterocycles. The van der Waals surface area contributed by atoms with Crippen molar-refractivity contribution in [3.63, 3.8) is 0 Å². The maximum absolute atomic E-state index is 13.1. The molecule has 9 heteroatoms. The molecule has 1 unspecified atom stereocenters. The van der Waals surface area contributed by atoms with Gasteiger partial charge in [-0.15, -0.1) is 0 Å². The molecular weight excluding hydrogens is 428 g/mol. The number of rotatable bonds is 10. The fraction of sp³-hybridized carbons (Fsp3) is 0.652. The molecule has 3 rings (SSSR count). The predicted octanol–water partition coefficient (Wildman–Crippen LogP) is 1.89. The zero-order valence-corrected chi connectivity index (χ0v) is 20.2. The molecular formula is C23H36N4O4S. The second-order valence-electron chi connectivity index (χ2n) is 9.08. The molecule has 2 N–H and O–H groups in total. The molecule has 0 aliphatic carbocycles. The maximum Gasteiger partial charge on any atom is 0.241 e. The van der Waals surface area contributed by atoms with Gasteiger partial charge >= 0.3 is 0 Å². The largest absolute Gasteiger partial charge is 0.353 e. The summed E-state index contributed by atoms with van der Waals surface area (Å²) in [5.41, 5.74) is 1.61. The number of fused-ring (bicyclic) bond motifs is 1. The summed E-state index contributed by atoms with van der Waals surface area (Å²) >= 11 is 0. The highest BCUT2D eigenvalue weighted by molar-refractivity contribution is 7.89. The van der Waals surface area contributed by atoms with E-state index in [2.05, 4.69) is 14.9 Å². The van der Waals surface area contributed by atoms with E-state index in [-0.39, 0.29) is 22.6 Å². The normalized spacial score (nSPS) is 17.6. The number of benzene rings is 1. The van der Waals surface area contributed by atoms with Gasteiger partial charge in [0.05, 0.1) is 4.90 Å². The van der Waals surface area contributed by atoms with E-state index in [4.69, 9.17) is 0 Å². The van der Waals surface area contributed by atoms with Crippen molar-refractivity contribution in [3.8, 4) is 0 Å². The van der Waals surface area contributed by atoms with Gasteiger partial charge in [-0.3, -0.25) is 9.59 Å². The van der Waals surface area contributed by atoms with Crippen molar-refractivity contribution in [2.24, 2.45) is 5.92 Å². The number of sulfonamides is 1. The molecule has 1 aromatic rings. The third kappa shape index (κ3) is 6.08. The quantitative estimate of drug-likeness (QED) is 0.551. The minimum Gasteiger partial charge on any atom is -0.353 e. The first-order valence-electron chi connectivity index (χ1n) is 11.7. The van der Waals surface area contributed by atoms with Gasteiger partial charge in [0, 0.05) is 31.7 Å². The van der Waals surface area contributed by atoms with Crippen LogP contribution in [0.3, 0.4) is 0 Å². The third-order valence-corrected chi connectivity index (χ3v) is 7.58. The number of nitrogens with one attached hydrogen (secondary N) is 2. The molecule has 2 heterocycles. The van der Waals surface area contributed by atoms with E-state index in [1.54, 1.807) is 17.0 Å². The van der Waals surface area contributed by atoms with Crippen LogP contribution in [-0.2, 0) is 26.0 Å². The lowest BCUT2D eigenvalue weighted by molar-refractivity contribution is -0.123. The van der Waals surface area contributed by atoms with Gasteiger partial charge in [-0.2, -0.15) is 4.72 Å². The van der Waals surface area contributed by atoms with Crippen molar-refractivity contribution in [1.29, 1.82) is 0 Å². The fourth-order valence-electron chi connectivity index (χ4n) is 4.40. The highest BCUT2D eigenvalue weighted by atomic mass is 32.2. The van der Waals surface area contributed by atoms with E-state index in [0.717, 1.165) is 30.9 Å². The number of carbonyl (C=O) groups excluding carboxylic acids is 2. The summed E-state index contributed by atoms with van der Waals surface area (Å²) in [4.78, 5) is 29.0. The lowest BCUT2D eigenvalue weighted by Gasteiger charge is -2.22. The number of hydrogen-bond donors (Lipinski definition) is 2. The number of nitrogens with zero attached hydrogens (tertiary/aromatic N) is 2. The summed E-state index contributed by atoms with van der Waals surface area (Å²) in [5.74, 6) is -0.108. The summed E-state index contributed by atoms with van der Waals surface area (Å²) in [7, 11) is -3.88. The van der Waals surface area contributed by atoms with Crippen LogP contribution in [0.1, 0.15) is 52.0 Å². The fourth-order valence-corrected chi connectivity index (χ4v) is 5.66. The van der Waals surface area contributed by atoms with Gasteiger partial charge in [-0.25, -0.2) is 8.42 Å². The number of likely N-dealkylation sites (tertiary alicyclic amines) is 1. The number of anilines is 1. The van der Waals surface area contributed by atoms with Crippen molar-refractivity contribution in [3.05, 3.63) is 23.8 Å². The topological polar surface area (TPSA) is 98.8 Å². The van der Waals surface area contributed by atoms with Crippen LogP contribution in [0.5, 0.6) is 0 Å². The van der Waals surface area contributed by atoms with Gasteiger partial charge in [0.1, 0.15) is 6.04 Å². The third-order valence-electron chi connectivity index (χ3n) is 6.11. The zero-order valence-electron chi connectivity index (χ0n) is 19.4. The Morgan fingerprint density at radius 2 is 1.84 bits per heavy atom. The average Bonchev–Trinajstić information content (AvgIpc) is 3.41. The van der Waals surface area contributed by atoms with E-state index >= 15 is 0 Å². The standard InChI is InChI=1S/C23H36N4O4S/c1-4-22(28)27-13-9-18-16-19(7-8-21(18)27)32(30,31)25-20(15-17(2)3)23(29)24-10-14-26-11-5-6-12-26/h7-8,16-17,20,25H,4-6,9-15H2,1-3H3,(H,24,29). The molecule has 2 amide bonds. The average molecular weight is 465 g/mol. The van der Waals surface area contributed by atoms with Gasteiger partial charge < -0.3 is 15.1 Å². The zero-order chi connectivity index (χ0) is 23.3. The van der Waals surface area contributed by atoms with E-state index in [9.17, 15) is 18.0 Å². The molecule has 178 valence electrons. The van der Waals surface area contributed by atoms with Crippen molar-refractivity contribution in [1.82, 2.24) is 14.9 Å². The number of hydrogen-bond acceptors (Lipinski definition) is 5. The summed E-state index contributed by atoms with van der Waals surface area (Å²) in [6, 6.07) is 4.00. The first-order valence-corrected chi connectivity index (χ1v) is 13.1. The van der Waals surface area contributed by atoms with E-state index < -0.39 is 16.1 Å². The van der Waals surface area contributed by atoms with Crippen LogP contribution in [0.25, 0.3) is 0 Å². The van der Waals surface area contributed by atoms with Crippen LogP contribution in [0.4, 0.5) is 5.69 Å². The predicted molar refractivity (Wildman–Crippen MR) is 125 cm³/mol. The van der Waals surface area contributed by atoms with Gasteiger partial charge in [0.15, 0.2) is 0 Å². The van der Waals surface area contributed by atoms with Crippen molar-refractivity contribution >= 4 is 27.5 Å². The van der Waals surface area contributed by atoms with Crippen molar-refractivity contribution in [2.45, 2.75) is 63.8 Å². The monoisotopic (exact) mass is 464 g/mol. The smallest absolute Gasteiger partial charge is 0.241 e. The van der Waals surface area contributed by atoms with Crippen molar-refractivity contribution in [2.75, 3.05) is 37.6 Å². The molecule has 1 atom stereocenters. The van der Waals surface area contributed by atoms with Crippen LogP contribution in [0.2, 0.25) is 0 Å². The van der Waals surface area contributed by atoms with Crippen LogP contribution in [-0.4, -0.2) is 63.9 Å². The van der Waals surface area contributed by atoms with Crippen molar-refractivity contribution < 1.29 is 18.0 Å². The highest BCUT2D eigenvalue weighted by Gasteiger charge is 2.29. The van der Waals surface area contributed by atoms with Gasteiger partial charge in [-0.05, 0) is 68.5 Å². The molecule has 1 saturated heterocycles. The first-order chi connectivity index (χ1) is 15.2. The van der Waals surface area contributed by atoms with Gasteiger partial charge in [0.25, 0.3) is 0 Å². The Bertz CT molecular complexity index is 926. The first kappa shape index (κ1) is 24.7. The van der Waals surface area contributed by atoms with Crippen LogP contribution in [0.15, 0.2) is 23.1 Å².